The van der Waals surface area contributed by atoms with Gasteiger partial charge in [-0.1, -0.05) is 0 Å². The van der Waals surface area contributed by atoms with Crippen molar-refractivity contribution in [3.8, 4) is 0 Å². The molecule has 0 rings (SSSR count). The molecule has 0 bridgehead atoms. The zero-order chi connectivity index (χ0) is 6.28. The van der Waals surface area contributed by atoms with Crippen LogP contribution < -0.4 is 9.59 Å². The van der Waals surface area contributed by atoms with Gasteiger partial charge < -0.3 is 24.2 Å². The quantitative estimate of drug-likeness (QED) is 0.247. The summed E-state index contributed by atoms with van der Waals surface area (Å²) >= 11 is 0. The van der Waals surface area contributed by atoms with Crippen molar-refractivity contribution in [2.24, 2.45) is 5.34 Å². The van der Waals surface area contributed by atoms with Crippen molar-refractivity contribution in [1.29, 1.82) is 0 Å². The van der Waals surface area contributed by atoms with Crippen LogP contribution in [-0.4, -0.2) is 9.17 Å². The Hall–Kier alpha value is 0.121. The van der Waals surface area contributed by atoms with E-state index in [1.54, 1.807) is 0 Å². The molecule has 8 heteroatoms. The Bertz CT molecular complexity index is 59.4. The van der Waals surface area contributed by atoms with Crippen LogP contribution >= 0.6 is 0 Å². The smallest absolute Gasteiger partial charge is 0.672 e. The van der Waals surface area contributed by atoms with Crippen LogP contribution in [0.1, 0.15) is 0 Å². The third-order valence-electron chi connectivity index (χ3n) is 0. The maximum absolute atomic E-state index is 8.52. The van der Waals surface area contributed by atoms with Crippen LogP contribution in [0.2, 0.25) is 0 Å². The SMILES string of the molecule is O=N[O-].O=[Si]([O-])[O-].[Y+3]. The first-order valence-electron chi connectivity index (χ1n) is 0.978. The van der Waals surface area contributed by atoms with Crippen molar-refractivity contribution < 1.29 is 46.8 Å². The van der Waals surface area contributed by atoms with Crippen molar-refractivity contribution in [2.75, 3.05) is 0 Å². The van der Waals surface area contributed by atoms with Crippen LogP contribution in [0, 0.1) is 10.1 Å². The number of nitrogens with zero attached hydrogens (tertiary/aromatic N) is 1. The van der Waals surface area contributed by atoms with Gasteiger partial charge in [0.1, 0.15) is 0 Å². The molecule has 0 N–H and O–H groups in total. The van der Waals surface area contributed by atoms with Crippen molar-refractivity contribution >= 4 is 9.17 Å². The van der Waals surface area contributed by atoms with Crippen LogP contribution in [0.15, 0.2) is 5.34 Å². The molecule has 0 aromatic carbocycles. The molecule has 0 aliphatic heterocycles. The Balaban J connectivity index is -0.0000000575. The predicted molar refractivity (Wildman–Crippen MR) is 15.6 cm³/mol. The van der Waals surface area contributed by atoms with Crippen LogP contribution in [0.25, 0.3) is 0 Å². The van der Waals surface area contributed by atoms with Gasteiger partial charge in [-0.15, -0.1) is 5.34 Å². The molecule has 0 radical (unpaired) electrons. The van der Waals surface area contributed by atoms with E-state index in [0.717, 1.165) is 5.34 Å². The molecular weight excluding hydrogens is 211 g/mol. The maximum Gasteiger partial charge on any atom is 3.00 e. The summed E-state index contributed by atoms with van der Waals surface area (Å²) in [7, 11) is -3.63. The summed E-state index contributed by atoms with van der Waals surface area (Å²) < 4.78 is 8.52. The molecule has 0 amide bonds. The van der Waals surface area contributed by atoms with Gasteiger partial charge in [-0.2, -0.15) is 0 Å². The molecule has 0 aromatic rings. The summed E-state index contributed by atoms with van der Waals surface area (Å²) in [5, 5.41) is 9.00. The minimum Gasteiger partial charge on any atom is -0.672 e. The second-order valence-electron chi connectivity index (χ2n) is 0.325. The second-order valence-corrected chi connectivity index (χ2v) is 0.825. The molecule has 0 unspecified atom stereocenters. The third-order valence-corrected chi connectivity index (χ3v) is 0. The number of hydrogen-bond donors (Lipinski definition) is 0. The molecule has 0 fully saturated rings. The topological polar surface area (TPSA) is 116 Å². The van der Waals surface area contributed by atoms with Gasteiger partial charge in [0.15, 0.2) is 0 Å². The van der Waals surface area contributed by atoms with E-state index in [2.05, 4.69) is 0 Å². The molecule has 0 aliphatic carbocycles. The molecule has 0 atom stereocenters. The first-order chi connectivity index (χ1) is 3.15. The Morgan fingerprint density at radius 2 is 1.38 bits per heavy atom. The number of hydrogen-bond acceptors (Lipinski definition) is 6. The first kappa shape index (κ1) is 15.7. The van der Waals surface area contributed by atoms with Crippen LogP contribution in [0.3, 0.4) is 0 Å². The molecule has 0 spiro atoms. The second kappa shape index (κ2) is 15.7. The van der Waals surface area contributed by atoms with E-state index in [1.807, 2.05) is 0 Å². The largest absolute Gasteiger partial charge is 3.00 e. The van der Waals surface area contributed by atoms with Crippen LogP contribution in [0.4, 0.5) is 0 Å². The van der Waals surface area contributed by atoms with Gasteiger partial charge in [0, 0.05) is 9.17 Å². The average Bonchev–Trinajstić information content (AvgIpc) is 1.33. The maximum atomic E-state index is 8.52. The summed E-state index contributed by atoms with van der Waals surface area (Å²) in [6.45, 7) is 0. The first-order valence-corrected chi connectivity index (χ1v) is 2.20. The molecular formula is NO5SiY. The fourth-order valence-electron chi connectivity index (χ4n) is 0. The van der Waals surface area contributed by atoms with Gasteiger partial charge in [0.2, 0.25) is 0 Å². The zero-order valence-electron chi connectivity index (χ0n) is 3.57. The van der Waals surface area contributed by atoms with E-state index >= 15 is 0 Å². The summed E-state index contributed by atoms with van der Waals surface area (Å²) in [4.78, 5) is 25.0. The minimum atomic E-state index is -3.63. The molecule has 0 aromatic heterocycles. The van der Waals surface area contributed by atoms with E-state index in [1.165, 1.54) is 0 Å². The summed E-state index contributed by atoms with van der Waals surface area (Å²) in [5.41, 5.74) is 0. The predicted octanol–water partition coefficient (Wildman–Crippen LogP) is -2.63. The van der Waals surface area contributed by atoms with Crippen molar-refractivity contribution in [3.05, 3.63) is 10.1 Å². The Labute approximate surface area is 71.2 Å². The van der Waals surface area contributed by atoms with Gasteiger partial charge in [0.25, 0.3) is 0 Å². The molecule has 0 saturated carbocycles. The molecule has 6 nitrogen and oxygen atoms in total. The van der Waals surface area contributed by atoms with Crippen molar-refractivity contribution in [2.45, 2.75) is 0 Å². The van der Waals surface area contributed by atoms with Crippen molar-refractivity contribution in [1.82, 2.24) is 0 Å². The summed E-state index contributed by atoms with van der Waals surface area (Å²) in [6, 6.07) is 0. The molecule has 0 heterocycles. The normalized spacial score (nSPS) is 4.50. The van der Waals surface area contributed by atoms with E-state index in [0.29, 0.717) is 0 Å². The standard InChI is InChI=1S/HNO2.O3Si.Y/c2-1-3;1-4(2)3;/h(H,2,3);;/q;-2;+3/p-1. The van der Waals surface area contributed by atoms with Crippen LogP contribution in [-0.2, 0) is 37.2 Å². The summed E-state index contributed by atoms with van der Waals surface area (Å²) in [6.07, 6.45) is 0. The fraction of sp³-hybridized carbons (Fsp3) is 0. The van der Waals surface area contributed by atoms with E-state index in [9.17, 15) is 0 Å². The molecule has 0 aliphatic rings. The average molecular weight is 211 g/mol. The van der Waals surface area contributed by atoms with E-state index in [4.69, 9.17) is 24.2 Å². The van der Waals surface area contributed by atoms with Gasteiger partial charge >= 0.3 is 32.7 Å². The van der Waals surface area contributed by atoms with Gasteiger partial charge in [-0.25, -0.2) is 0 Å². The fourth-order valence-corrected chi connectivity index (χ4v) is 0. The Morgan fingerprint density at radius 1 is 1.38 bits per heavy atom. The zero-order valence-corrected chi connectivity index (χ0v) is 7.40. The minimum absolute atomic E-state index is 0. The molecule has 8 heavy (non-hydrogen) atoms. The van der Waals surface area contributed by atoms with Gasteiger partial charge in [0.05, 0.1) is 0 Å². The van der Waals surface area contributed by atoms with E-state index < -0.39 is 9.17 Å². The molecule has 0 saturated heterocycles. The number of rotatable bonds is 0. The summed E-state index contributed by atoms with van der Waals surface area (Å²) in [5.74, 6) is 0. The van der Waals surface area contributed by atoms with Gasteiger partial charge in [-0.05, 0) is 0 Å². The monoisotopic (exact) mass is 211 g/mol. The third kappa shape index (κ3) is 11000. The Kier molecular flexibility index (Phi) is 30.8. The van der Waals surface area contributed by atoms with Gasteiger partial charge in [-0.3, -0.25) is 0 Å². The Morgan fingerprint density at radius 3 is 1.38 bits per heavy atom. The molecule has 42 valence electrons. The van der Waals surface area contributed by atoms with Crippen molar-refractivity contribution in [3.63, 3.8) is 0 Å². The van der Waals surface area contributed by atoms with Crippen LogP contribution in [0.5, 0.6) is 0 Å². The van der Waals surface area contributed by atoms with E-state index in [-0.39, 0.29) is 32.7 Å².